The quantitative estimate of drug-likeness (QED) is 0.698. The highest BCUT2D eigenvalue weighted by Gasteiger charge is 2.41. The molecule has 24 heavy (non-hydrogen) atoms. The predicted molar refractivity (Wildman–Crippen MR) is 94.1 cm³/mol. The van der Waals surface area contributed by atoms with Crippen molar-refractivity contribution in [1.82, 2.24) is 9.99 Å². The topological polar surface area (TPSA) is 37.7 Å². The minimum atomic E-state index is -0.288. The van der Waals surface area contributed by atoms with Crippen LogP contribution < -0.4 is 4.74 Å². The normalized spacial score (nSPS) is 21.7. The number of rotatable bonds is 2. The Kier molecular flexibility index (Phi) is 3.13. The summed E-state index contributed by atoms with van der Waals surface area (Å²) < 4.78 is 6.26. The fourth-order valence-electron chi connectivity index (χ4n) is 3.34. The van der Waals surface area contributed by atoms with Crippen molar-refractivity contribution in [2.24, 2.45) is 5.10 Å². The minimum Gasteiger partial charge on any atom is -0.463 e. The molecule has 2 aliphatic rings. The second-order valence-electron chi connectivity index (χ2n) is 5.89. The minimum absolute atomic E-state index is 0.194. The largest absolute Gasteiger partial charge is 0.463 e. The van der Waals surface area contributed by atoms with Gasteiger partial charge in [0.2, 0.25) is 6.23 Å². The van der Waals surface area contributed by atoms with Crippen molar-refractivity contribution in [3.05, 3.63) is 82.3 Å². The number of ether oxygens (including phenoxy) is 1. The summed E-state index contributed by atoms with van der Waals surface area (Å²) >= 11 is 1.73. The van der Waals surface area contributed by atoms with Crippen LogP contribution in [0, 0.1) is 0 Å². The van der Waals surface area contributed by atoms with E-state index in [0.29, 0.717) is 0 Å². The lowest BCUT2D eigenvalue weighted by Crippen LogP contribution is -2.34. The Bertz CT molecular complexity index is 892. The highest BCUT2D eigenvalue weighted by Crippen LogP contribution is 2.47. The summed E-state index contributed by atoms with van der Waals surface area (Å²) in [5.74, 6) is 0.928. The maximum absolute atomic E-state index is 6.26. The summed E-state index contributed by atoms with van der Waals surface area (Å²) in [6, 6.07) is 18.5. The van der Waals surface area contributed by atoms with E-state index < -0.39 is 0 Å². The van der Waals surface area contributed by atoms with Crippen LogP contribution in [0.1, 0.15) is 34.8 Å². The Morgan fingerprint density at radius 2 is 1.96 bits per heavy atom. The van der Waals surface area contributed by atoms with Gasteiger partial charge in [-0.25, -0.2) is 5.01 Å². The number of hydrazone groups is 1. The number of nitrogens with zero attached hydrogens (tertiary/aromatic N) is 3. The number of para-hydroxylation sites is 1. The molecule has 5 rings (SSSR count). The molecular formula is C19H15N3OS. The van der Waals surface area contributed by atoms with Crippen molar-refractivity contribution in [2.75, 3.05) is 0 Å². The first-order valence-corrected chi connectivity index (χ1v) is 8.84. The van der Waals surface area contributed by atoms with Gasteiger partial charge in [-0.1, -0.05) is 30.3 Å². The van der Waals surface area contributed by atoms with E-state index in [1.165, 1.54) is 10.4 Å². The van der Waals surface area contributed by atoms with Crippen molar-refractivity contribution < 1.29 is 4.74 Å². The van der Waals surface area contributed by atoms with E-state index in [4.69, 9.17) is 9.84 Å². The van der Waals surface area contributed by atoms with E-state index in [0.717, 1.165) is 23.6 Å². The van der Waals surface area contributed by atoms with Gasteiger partial charge in [0.05, 0.1) is 16.6 Å². The van der Waals surface area contributed by atoms with Crippen LogP contribution in [0.2, 0.25) is 0 Å². The van der Waals surface area contributed by atoms with Gasteiger partial charge in [-0.2, -0.15) is 5.10 Å². The average molecular weight is 333 g/mol. The first kappa shape index (κ1) is 13.7. The number of hydrogen-bond acceptors (Lipinski definition) is 5. The molecule has 2 aromatic heterocycles. The SMILES string of the molecule is c1ccc([C@@H]2Oc3ccccc3[C@@H]3CC(c4cccs4)=NN32)nc1. The van der Waals surface area contributed by atoms with Crippen molar-refractivity contribution in [1.29, 1.82) is 0 Å². The maximum Gasteiger partial charge on any atom is 0.230 e. The number of benzene rings is 1. The molecule has 0 fully saturated rings. The number of aromatic nitrogens is 1. The molecule has 0 saturated heterocycles. The number of hydrogen-bond donors (Lipinski definition) is 0. The molecule has 0 aliphatic carbocycles. The smallest absolute Gasteiger partial charge is 0.230 e. The molecule has 4 nitrogen and oxygen atoms in total. The third kappa shape index (κ3) is 2.12. The van der Waals surface area contributed by atoms with Crippen LogP contribution in [0.3, 0.4) is 0 Å². The van der Waals surface area contributed by atoms with E-state index >= 15 is 0 Å². The maximum atomic E-state index is 6.26. The van der Waals surface area contributed by atoms with E-state index in [-0.39, 0.29) is 12.3 Å². The Balaban J connectivity index is 1.62. The fourth-order valence-corrected chi connectivity index (χ4v) is 4.06. The zero-order valence-corrected chi connectivity index (χ0v) is 13.7. The predicted octanol–water partition coefficient (Wildman–Crippen LogP) is 4.39. The highest BCUT2D eigenvalue weighted by atomic mass is 32.1. The lowest BCUT2D eigenvalue weighted by Gasteiger charge is -2.37. The van der Waals surface area contributed by atoms with Crippen LogP contribution in [-0.4, -0.2) is 15.7 Å². The van der Waals surface area contributed by atoms with E-state index in [1.54, 1.807) is 17.5 Å². The Labute approximate surface area is 144 Å². The van der Waals surface area contributed by atoms with Gasteiger partial charge in [-0.05, 0) is 29.6 Å². The summed E-state index contributed by atoms with van der Waals surface area (Å²) in [6.45, 7) is 0. The molecule has 0 radical (unpaired) electrons. The van der Waals surface area contributed by atoms with Gasteiger partial charge in [-0.3, -0.25) is 4.98 Å². The van der Waals surface area contributed by atoms with Crippen LogP contribution in [0.4, 0.5) is 0 Å². The van der Waals surface area contributed by atoms with Gasteiger partial charge >= 0.3 is 0 Å². The molecule has 2 aliphatic heterocycles. The van der Waals surface area contributed by atoms with Gasteiger partial charge in [0.25, 0.3) is 0 Å². The second kappa shape index (κ2) is 5.46. The molecule has 1 aromatic carbocycles. The average Bonchev–Trinajstić information content (AvgIpc) is 3.31. The molecule has 0 unspecified atom stereocenters. The lowest BCUT2D eigenvalue weighted by molar-refractivity contribution is -0.0218. The molecule has 3 aromatic rings. The molecule has 0 spiro atoms. The Morgan fingerprint density at radius 1 is 1.04 bits per heavy atom. The van der Waals surface area contributed by atoms with Crippen molar-refractivity contribution >= 4 is 17.0 Å². The van der Waals surface area contributed by atoms with Gasteiger partial charge in [-0.15, -0.1) is 11.3 Å². The van der Waals surface area contributed by atoms with Crippen molar-refractivity contribution in [3.8, 4) is 5.75 Å². The van der Waals surface area contributed by atoms with Crippen LogP contribution in [0.15, 0.2) is 71.3 Å². The standard InChI is InChI=1S/C19H15N3OS/c1-2-8-17-13(6-1)16-12-15(18-9-5-11-24-18)21-22(16)19(23-17)14-7-3-4-10-20-14/h1-11,16,19H,12H2/t16-,19-/m0/s1. The second-order valence-corrected chi connectivity index (χ2v) is 6.83. The zero-order valence-electron chi connectivity index (χ0n) is 12.9. The molecule has 5 heteroatoms. The first-order valence-electron chi connectivity index (χ1n) is 7.96. The molecule has 0 amide bonds. The fraction of sp³-hybridized carbons (Fsp3) is 0.158. The van der Waals surface area contributed by atoms with E-state index in [2.05, 4.69) is 39.6 Å². The van der Waals surface area contributed by atoms with Crippen LogP contribution in [-0.2, 0) is 0 Å². The summed E-state index contributed by atoms with van der Waals surface area (Å²) in [4.78, 5) is 5.71. The molecule has 0 bridgehead atoms. The number of thiophene rings is 1. The lowest BCUT2D eigenvalue weighted by atomic mass is 9.98. The van der Waals surface area contributed by atoms with Gasteiger partial charge in [0, 0.05) is 18.2 Å². The summed E-state index contributed by atoms with van der Waals surface area (Å²) in [5, 5.41) is 9.07. The molecule has 4 heterocycles. The third-order valence-corrected chi connectivity index (χ3v) is 5.36. The molecular weight excluding hydrogens is 318 g/mol. The summed E-state index contributed by atoms with van der Waals surface area (Å²) in [6.07, 6.45) is 2.40. The van der Waals surface area contributed by atoms with Crippen LogP contribution in [0.5, 0.6) is 5.75 Å². The van der Waals surface area contributed by atoms with E-state index in [1.807, 2.05) is 30.3 Å². The van der Waals surface area contributed by atoms with Crippen molar-refractivity contribution in [3.63, 3.8) is 0 Å². The number of pyridine rings is 1. The van der Waals surface area contributed by atoms with E-state index in [9.17, 15) is 0 Å². The Hall–Kier alpha value is -2.66. The van der Waals surface area contributed by atoms with Crippen LogP contribution >= 0.6 is 11.3 Å². The summed E-state index contributed by atoms with van der Waals surface area (Å²) in [5.41, 5.74) is 3.20. The molecule has 0 N–H and O–H groups in total. The van der Waals surface area contributed by atoms with Gasteiger partial charge in [0.1, 0.15) is 11.4 Å². The third-order valence-electron chi connectivity index (χ3n) is 4.45. The van der Waals surface area contributed by atoms with Gasteiger partial charge in [0.15, 0.2) is 0 Å². The zero-order chi connectivity index (χ0) is 15.9. The summed E-state index contributed by atoms with van der Waals surface area (Å²) in [7, 11) is 0. The first-order chi connectivity index (χ1) is 11.9. The molecule has 118 valence electrons. The van der Waals surface area contributed by atoms with Crippen LogP contribution in [0.25, 0.3) is 0 Å². The monoisotopic (exact) mass is 333 g/mol. The highest BCUT2D eigenvalue weighted by molar-refractivity contribution is 7.12. The number of fused-ring (bicyclic) bond motifs is 3. The van der Waals surface area contributed by atoms with Gasteiger partial charge < -0.3 is 4.74 Å². The van der Waals surface area contributed by atoms with Crippen molar-refractivity contribution in [2.45, 2.75) is 18.7 Å². The Morgan fingerprint density at radius 3 is 2.79 bits per heavy atom. The molecule has 0 saturated carbocycles. The molecule has 2 atom stereocenters.